The SMILES string of the molecule is CCc1cccc(-c2cc(OC)ccc2F)c1. The molecule has 0 amide bonds. The number of benzene rings is 2. The summed E-state index contributed by atoms with van der Waals surface area (Å²) in [4.78, 5) is 0. The van der Waals surface area contributed by atoms with Crippen LogP contribution < -0.4 is 4.74 Å². The highest BCUT2D eigenvalue weighted by molar-refractivity contribution is 5.66. The Morgan fingerprint density at radius 3 is 2.65 bits per heavy atom. The summed E-state index contributed by atoms with van der Waals surface area (Å²) in [7, 11) is 1.58. The van der Waals surface area contributed by atoms with Crippen molar-refractivity contribution in [3.05, 3.63) is 53.8 Å². The number of aryl methyl sites for hydroxylation is 1. The molecule has 2 rings (SSSR count). The minimum absolute atomic E-state index is 0.223. The average Bonchev–Trinajstić information content (AvgIpc) is 2.39. The third-order valence-corrected chi connectivity index (χ3v) is 2.82. The predicted octanol–water partition coefficient (Wildman–Crippen LogP) is 4.06. The van der Waals surface area contributed by atoms with Crippen LogP contribution in [-0.2, 0) is 6.42 Å². The van der Waals surface area contributed by atoms with E-state index in [-0.39, 0.29) is 5.82 Å². The Balaban J connectivity index is 2.50. The number of halogens is 1. The number of methoxy groups -OCH3 is 1. The summed E-state index contributed by atoms with van der Waals surface area (Å²) in [6.45, 7) is 2.08. The van der Waals surface area contributed by atoms with Crippen LogP contribution in [0.5, 0.6) is 5.75 Å². The Morgan fingerprint density at radius 2 is 1.94 bits per heavy atom. The van der Waals surface area contributed by atoms with Crippen molar-refractivity contribution in [3.63, 3.8) is 0 Å². The van der Waals surface area contributed by atoms with Gasteiger partial charge in [-0.25, -0.2) is 4.39 Å². The minimum Gasteiger partial charge on any atom is -0.497 e. The Bertz CT molecular complexity index is 520. The molecular weight excluding hydrogens is 215 g/mol. The first-order valence-electron chi connectivity index (χ1n) is 5.67. The standard InChI is InChI=1S/C15H15FO/c1-3-11-5-4-6-12(9-11)14-10-13(17-2)7-8-15(14)16/h4-10H,3H2,1-2H3. The Kier molecular flexibility index (Phi) is 3.43. The lowest BCUT2D eigenvalue weighted by atomic mass is 10.0. The van der Waals surface area contributed by atoms with Gasteiger partial charge >= 0.3 is 0 Å². The van der Waals surface area contributed by atoms with Crippen LogP contribution in [0.2, 0.25) is 0 Å². The third kappa shape index (κ3) is 2.47. The van der Waals surface area contributed by atoms with Gasteiger partial charge in [0.05, 0.1) is 7.11 Å². The molecule has 2 aromatic rings. The summed E-state index contributed by atoms with van der Waals surface area (Å²) in [6, 6.07) is 12.7. The molecule has 88 valence electrons. The van der Waals surface area contributed by atoms with E-state index >= 15 is 0 Å². The Hall–Kier alpha value is -1.83. The van der Waals surface area contributed by atoms with Gasteiger partial charge in [-0.15, -0.1) is 0 Å². The largest absolute Gasteiger partial charge is 0.497 e. The summed E-state index contributed by atoms with van der Waals surface area (Å²) in [5.74, 6) is 0.447. The van der Waals surface area contributed by atoms with E-state index in [9.17, 15) is 4.39 Å². The van der Waals surface area contributed by atoms with Gasteiger partial charge in [0.25, 0.3) is 0 Å². The molecule has 0 atom stereocenters. The molecule has 0 unspecified atom stereocenters. The van der Waals surface area contributed by atoms with Crippen LogP contribution >= 0.6 is 0 Å². The smallest absolute Gasteiger partial charge is 0.131 e. The second-order valence-electron chi connectivity index (χ2n) is 3.90. The van der Waals surface area contributed by atoms with Gasteiger partial charge in [-0.05, 0) is 35.7 Å². The lowest BCUT2D eigenvalue weighted by molar-refractivity contribution is 0.414. The molecule has 0 saturated carbocycles. The van der Waals surface area contributed by atoms with Gasteiger partial charge in [0.2, 0.25) is 0 Å². The summed E-state index contributed by atoms with van der Waals surface area (Å²) < 4.78 is 18.9. The summed E-state index contributed by atoms with van der Waals surface area (Å²) in [5.41, 5.74) is 2.67. The highest BCUT2D eigenvalue weighted by Crippen LogP contribution is 2.27. The highest BCUT2D eigenvalue weighted by Gasteiger charge is 2.07. The maximum Gasteiger partial charge on any atom is 0.131 e. The van der Waals surface area contributed by atoms with Crippen molar-refractivity contribution in [3.8, 4) is 16.9 Å². The van der Waals surface area contributed by atoms with Crippen LogP contribution in [0, 0.1) is 5.82 Å². The predicted molar refractivity (Wildman–Crippen MR) is 67.8 cm³/mol. The molecule has 0 N–H and O–H groups in total. The summed E-state index contributed by atoms with van der Waals surface area (Å²) in [5, 5.41) is 0. The third-order valence-electron chi connectivity index (χ3n) is 2.82. The van der Waals surface area contributed by atoms with Gasteiger partial charge in [-0.2, -0.15) is 0 Å². The van der Waals surface area contributed by atoms with Gasteiger partial charge in [-0.3, -0.25) is 0 Å². The van der Waals surface area contributed by atoms with Crippen LogP contribution in [-0.4, -0.2) is 7.11 Å². The fraction of sp³-hybridized carbons (Fsp3) is 0.200. The molecule has 0 aromatic heterocycles. The first kappa shape index (κ1) is 11.6. The molecule has 17 heavy (non-hydrogen) atoms. The monoisotopic (exact) mass is 230 g/mol. The number of hydrogen-bond acceptors (Lipinski definition) is 1. The van der Waals surface area contributed by atoms with Crippen molar-refractivity contribution < 1.29 is 9.13 Å². The summed E-state index contributed by atoms with van der Waals surface area (Å²) >= 11 is 0. The van der Waals surface area contributed by atoms with E-state index in [4.69, 9.17) is 4.74 Å². The van der Waals surface area contributed by atoms with Gasteiger partial charge in [-0.1, -0.05) is 31.2 Å². The first-order chi connectivity index (χ1) is 8.24. The van der Waals surface area contributed by atoms with Crippen LogP contribution in [0.1, 0.15) is 12.5 Å². The quantitative estimate of drug-likeness (QED) is 0.772. The maximum atomic E-state index is 13.8. The van der Waals surface area contributed by atoms with E-state index in [1.807, 2.05) is 24.3 Å². The van der Waals surface area contributed by atoms with Crippen LogP contribution in [0.25, 0.3) is 11.1 Å². The van der Waals surface area contributed by atoms with E-state index in [2.05, 4.69) is 6.92 Å². The van der Waals surface area contributed by atoms with Crippen molar-refractivity contribution in [1.82, 2.24) is 0 Å². The Morgan fingerprint density at radius 1 is 1.12 bits per heavy atom. The van der Waals surface area contributed by atoms with Gasteiger partial charge in [0.15, 0.2) is 0 Å². The van der Waals surface area contributed by atoms with E-state index < -0.39 is 0 Å². The molecular formula is C15H15FO. The number of ether oxygens (including phenoxy) is 1. The molecule has 0 spiro atoms. The topological polar surface area (TPSA) is 9.23 Å². The fourth-order valence-electron chi connectivity index (χ4n) is 1.81. The van der Waals surface area contributed by atoms with Crippen molar-refractivity contribution in [2.24, 2.45) is 0 Å². The van der Waals surface area contributed by atoms with E-state index in [0.717, 1.165) is 12.0 Å². The first-order valence-corrected chi connectivity index (χ1v) is 5.67. The second-order valence-corrected chi connectivity index (χ2v) is 3.90. The molecule has 0 heterocycles. The maximum absolute atomic E-state index is 13.8. The van der Waals surface area contributed by atoms with Crippen molar-refractivity contribution in [2.45, 2.75) is 13.3 Å². The number of hydrogen-bond donors (Lipinski definition) is 0. The highest BCUT2D eigenvalue weighted by atomic mass is 19.1. The molecule has 1 nitrogen and oxygen atoms in total. The van der Waals surface area contributed by atoms with E-state index in [0.29, 0.717) is 11.3 Å². The second kappa shape index (κ2) is 5.00. The normalized spacial score (nSPS) is 10.3. The Labute approximate surface area is 101 Å². The lowest BCUT2D eigenvalue weighted by Crippen LogP contribution is -1.89. The molecule has 2 heteroatoms. The van der Waals surface area contributed by atoms with Crippen molar-refractivity contribution >= 4 is 0 Å². The molecule has 0 bridgehead atoms. The lowest BCUT2D eigenvalue weighted by Gasteiger charge is -2.07. The molecule has 2 aromatic carbocycles. The number of rotatable bonds is 3. The van der Waals surface area contributed by atoms with E-state index in [1.165, 1.54) is 11.6 Å². The summed E-state index contributed by atoms with van der Waals surface area (Å²) in [6.07, 6.45) is 0.944. The zero-order valence-electron chi connectivity index (χ0n) is 10.0. The van der Waals surface area contributed by atoms with E-state index in [1.54, 1.807) is 19.2 Å². The van der Waals surface area contributed by atoms with Gasteiger partial charge in [0, 0.05) is 5.56 Å². The van der Waals surface area contributed by atoms with Gasteiger partial charge < -0.3 is 4.74 Å². The molecule has 0 aliphatic carbocycles. The fourth-order valence-corrected chi connectivity index (χ4v) is 1.81. The van der Waals surface area contributed by atoms with Crippen molar-refractivity contribution in [2.75, 3.05) is 7.11 Å². The van der Waals surface area contributed by atoms with Gasteiger partial charge in [0.1, 0.15) is 11.6 Å². The van der Waals surface area contributed by atoms with Crippen LogP contribution in [0.3, 0.4) is 0 Å². The van der Waals surface area contributed by atoms with Crippen LogP contribution in [0.15, 0.2) is 42.5 Å². The molecule has 0 saturated heterocycles. The average molecular weight is 230 g/mol. The van der Waals surface area contributed by atoms with Crippen LogP contribution in [0.4, 0.5) is 4.39 Å². The minimum atomic E-state index is -0.223. The molecule has 0 fully saturated rings. The molecule has 0 radical (unpaired) electrons. The molecule has 0 aliphatic rings. The zero-order chi connectivity index (χ0) is 12.3. The molecule has 0 aliphatic heterocycles. The van der Waals surface area contributed by atoms with Crippen molar-refractivity contribution in [1.29, 1.82) is 0 Å². The zero-order valence-corrected chi connectivity index (χ0v) is 10.0.